The molecule has 0 fully saturated rings. The molecule has 1 aromatic rings. The van der Waals surface area contributed by atoms with Crippen molar-refractivity contribution in [1.29, 1.82) is 0 Å². The van der Waals surface area contributed by atoms with E-state index in [0.29, 0.717) is 24.5 Å². The summed E-state index contributed by atoms with van der Waals surface area (Å²) < 4.78 is 5.44. The third-order valence-electron chi connectivity index (χ3n) is 2.33. The number of thioether (sulfide) groups is 1. The average Bonchev–Trinajstić information content (AvgIpc) is 2.44. The van der Waals surface area contributed by atoms with E-state index in [-0.39, 0.29) is 0 Å². The second-order valence-electron chi connectivity index (χ2n) is 3.99. The van der Waals surface area contributed by atoms with Crippen molar-refractivity contribution in [1.82, 2.24) is 15.0 Å². The summed E-state index contributed by atoms with van der Waals surface area (Å²) in [6.45, 7) is 3.52. The monoisotopic (exact) mass is 285 g/mol. The molecule has 1 rings (SSSR count). The highest BCUT2D eigenvalue weighted by Gasteiger charge is 2.05. The molecule has 7 heteroatoms. The molecule has 1 heterocycles. The van der Waals surface area contributed by atoms with Crippen molar-refractivity contribution in [3.05, 3.63) is 0 Å². The Balaban J connectivity index is 2.50. The van der Waals surface area contributed by atoms with Gasteiger partial charge in [-0.2, -0.15) is 26.7 Å². The predicted octanol–water partition coefficient (Wildman–Crippen LogP) is 2.26. The molecule has 0 radical (unpaired) electrons. The molecule has 2 N–H and O–H groups in total. The van der Waals surface area contributed by atoms with Crippen LogP contribution in [0.4, 0.5) is 11.9 Å². The first kappa shape index (κ1) is 15.8. The van der Waals surface area contributed by atoms with Crippen LogP contribution in [0.1, 0.15) is 26.2 Å². The molecule has 0 saturated carbocycles. The molecule has 0 amide bonds. The molecule has 6 nitrogen and oxygen atoms in total. The van der Waals surface area contributed by atoms with E-state index >= 15 is 0 Å². The van der Waals surface area contributed by atoms with Crippen LogP contribution in [0.5, 0.6) is 6.01 Å². The average molecular weight is 285 g/mol. The molecule has 0 aliphatic rings. The van der Waals surface area contributed by atoms with E-state index in [1.54, 1.807) is 7.05 Å². The van der Waals surface area contributed by atoms with Crippen LogP contribution < -0.4 is 15.4 Å². The lowest BCUT2D eigenvalue weighted by Crippen LogP contribution is -2.10. The van der Waals surface area contributed by atoms with E-state index in [1.807, 2.05) is 18.7 Å². The van der Waals surface area contributed by atoms with Gasteiger partial charge in [0.1, 0.15) is 0 Å². The van der Waals surface area contributed by atoms with Gasteiger partial charge in [0.25, 0.3) is 0 Å². The highest BCUT2D eigenvalue weighted by molar-refractivity contribution is 7.98. The molecular weight excluding hydrogens is 262 g/mol. The van der Waals surface area contributed by atoms with Gasteiger partial charge in [0.05, 0.1) is 6.61 Å². The lowest BCUT2D eigenvalue weighted by atomic mass is 10.3. The number of hydrogen-bond acceptors (Lipinski definition) is 7. The number of hydrogen-bond donors (Lipinski definition) is 2. The first-order valence-corrected chi connectivity index (χ1v) is 7.99. The van der Waals surface area contributed by atoms with E-state index in [1.165, 1.54) is 12.2 Å². The van der Waals surface area contributed by atoms with Gasteiger partial charge < -0.3 is 15.4 Å². The van der Waals surface area contributed by atoms with Gasteiger partial charge in [-0.1, -0.05) is 6.92 Å². The Morgan fingerprint density at radius 2 is 1.95 bits per heavy atom. The Labute approximate surface area is 119 Å². The van der Waals surface area contributed by atoms with Crippen LogP contribution in [0.2, 0.25) is 0 Å². The maximum absolute atomic E-state index is 5.44. The molecule has 108 valence electrons. The first-order valence-electron chi connectivity index (χ1n) is 6.59. The van der Waals surface area contributed by atoms with Crippen LogP contribution >= 0.6 is 11.8 Å². The van der Waals surface area contributed by atoms with E-state index in [2.05, 4.69) is 31.8 Å². The van der Waals surface area contributed by atoms with Gasteiger partial charge in [-0.15, -0.1) is 0 Å². The lowest BCUT2D eigenvalue weighted by Gasteiger charge is -2.08. The Kier molecular flexibility index (Phi) is 8.04. The van der Waals surface area contributed by atoms with Gasteiger partial charge in [-0.25, -0.2) is 0 Å². The van der Waals surface area contributed by atoms with Crippen LogP contribution in [0.25, 0.3) is 0 Å². The van der Waals surface area contributed by atoms with Gasteiger partial charge >= 0.3 is 6.01 Å². The number of nitrogens with zero attached hydrogens (tertiary/aromatic N) is 3. The summed E-state index contributed by atoms with van der Waals surface area (Å²) in [5.41, 5.74) is 0. The lowest BCUT2D eigenvalue weighted by molar-refractivity contribution is 0.292. The van der Waals surface area contributed by atoms with Crippen molar-refractivity contribution in [2.75, 3.05) is 42.8 Å². The van der Waals surface area contributed by atoms with Crippen molar-refractivity contribution in [2.24, 2.45) is 0 Å². The Hall–Kier alpha value is -1.24. The maximum atomic E-state index is 5.44. The van der Waals surface area contributed by atoms with Crippen LogP contribution in [-0.2, 0) is 0 Å². The van der Waals surface area contributed by atoms with Crippen molar-refractivity contribution in [2.45, 2.75) is 26.2 Å². The molecule has 0 bridgehead atoms. The second-order valence-corrected chi connectivity index (χ2v) is 4.98. The van der Waals surface area contributed by atoms with Crippen molar-refractivity contribution in [3.63, 3.8) is 0 Å². The van der Waals surface area contributed by atoms with Crippen LogP contribution in [0.3, 0.4) is 0 Å². The van der Waals surface area contributed by atoms with Crippen molar-refractivity contribution >= 4 is 23.7 Å². The Morgan fingerprint density at radius 1 is 1.16 bits per heavy atom. The number of aromatic nitrogens is 3. The fourth-order valence-electron chi connectivity index (χ4n) is 1.38. The van der Waals surface area contributed by atoms with Crippen molar-refractivity contribution in [3.8, 4) is 6.01 Å². The smallest absolute Gasteiger partial charge is 0.323 e. The predicted molar refractivity (Wildman–Crippen MR) is 81.3 cm³/mol. The summed E-state index contributed by atoms with van der Waals surface area (Å²) >= 11 is 1.87. The minimum absolute atomic E-state index is 0.368. The summed E-state index contributed by atoms with van der Waals surface area (Å²) in [6, 6.07) is 0.368. The molecule has 0 unspecified atom stereocenters. The fourth-order valence-corrected chi connectivity index (χ4v) is 1.87. The van der Waals surface area contributed by atoms with Gasteiger partial charge in [-0.3, -0.25) is 0 Å². The van der Waals surface area contributed by atoms with Crippen LogP contribution in [0, 0.1) is 0 Å². The number of rotatable bonds is 10. The zero-order valence-corrected chi connectivity index (χ0v) is 12.7. The quantitative estimate of drug-likeness (QED) is 0.639. The normalized spacial score (nSPS) is 10.3. The maximum Gasteiger partial charge on any atom is 0.323 e. The Morgan fingerprint density at radius 3 is 2.63 bits per heavy atom. The second kappa shape index (κ2) is 9.66. The number of anilines is 2. The van der Waals surface area contributed by atoms with E-state index in [0.717, 1.165) is 19.4 Å². The molecule has 0 aromatic carbocycles. The minimum atomic E-state index is 0.368. The van der Waals surface area contributed by atoms with Crippen LogP contribution in [0.15, 0.2) is 0 Å². The third-order valence-corrected chi connectivity index (χ3v) is 3.03. The van der Waals surface area contributed by atoms with Gasteiger partial charge in [0.15, 0.2) is 0 Å². The standard InChI is InChI=1S/C12H23N5OS/c1-4-8-18-12-16-10(13-2)15-11(17-12)14-7-5-6-9-19-3/h4-9H2,1-3H3,(H2,13,14,15,16,17). The Bertz CT molecular complexity index is 364. The number of nitrogens with one attached hydrogen (secondary N) is 2. The van der Waals surface area contributed by atoms with E-state index in [9.17, 15) is 0 Å². The molecule has 0 saturated heterocycles. The summed E-state index contributed by atoms with van der Waals surface area (Å²) in [7, 11) is 1.78. The SMILES string of the molecule is CCCOc1nc(NC)nc(NCCCCSC)n1. The van der Waals surface area contributed by atoms with E-state index in [4.69, 9.17) is 4.74 Å². The molecule has 19 heavy (non-hydrogen) atoms. The van der Waals surface area contributed by atoms with Gasteiger partial charge in [0, 0.05) is 13.6 Å². The molecule has 0 spiro atoms. The van der Waals surface area contributed by atoms with E-state index < -0.39 is 0 Å². The largest absolute Gasteiger partial charge is 0.463 e. The summed E-state index contributed by atoms with van der Waals surface area (Å²) in [5.74, 6) is 2.27. The number of unbranched alkanes of at least 4 members (excludes halogenated alkanes) is 1. The number of ether oxygens (including phenoxy) is 1. The highest BCUT2D eigenvalue weighted by Crippen LogP contribution is 2.11. The summed E-state index contributed by atoms with van der Waals surface area (Å²) in [4.78, 5) is 12.6. The molecular formula is C12H23N5OS. The van der Waals surface area contributed by atoms with Crippen molar-refractivity contribution < 1.29 is 4.74 Å². The van der Waals surface area contributed by atoms with Gasteiger partial charge in [0.2, 0.25) is 11.9 Å². The summed E-state index contributed by atoms with van der Waals surface area (Å²) in [5, 5.41) is 6.11. The zero-order chi connectivity index (χ0) is 13.9. The molecule has 0 atom stereocenters. The highest BCUT2D eigenvalue weighted by atomic mass is 32.2. The third kappa shape index (κ3) is 6.47. The minimum Gasteiger partial charge on any atom is -0.463 e. The van der Waals surface area contributed by atoms with Crippen LogP contribution in [-0.4, -0.2) is 47.2 Å². The molecule has 0 aliphatic heterocycles. The summed E-state index contributed by atoms with van der Waals surface area (Å²) in [6.07, 6.45) is 5.35. The first-order chi connectivity index (χ1) is 9.30. The topological polar surface area (TPSA) is 72.0 Å². The van der Waals surface area contributed by atoms with Gasteiger partial charge in [-0.05, 0) is 31.3 Å². The molecule has 0 aliphatic carbocycles. The fraction of sp³-hybridized carbons (Fsp3) is 0.750. The molecule has 1 aromatic heterocycles. The zero-order valence-electron chi connectivity index (χ0n) is 11.9.